The minimum Gasteiger partial charge on any atom is -0.481 e. The fourth-order valence-corrected chi connectivity index (χ4v) is 1.72. The summed E-state index contributed by atoms with van der Waals surface area (Å²) in [6.45, 7) is 0.498. The van der Waals surface area contributed by atoms with Gasteiger partial charge in [0.05, 0.1) is 0 Å². The van der Waals surface area contributed by atoms with Gasteiger partial charge in [-0.2, -0.15) is 0 Å². The number of carboxylic acids is 1. The number of carbonyl (C=O) groups excluding carboxylic acids is 2. The molecule has 0 saturated heterocycles. The van der Waals surface area contributed by atoms with Gasteiger partial charge in [0.15, 0.2) is 0 Å². The summed E-state index contributed by atoms with van der Waals surface area (Å²) in [6.07, 6.45) is 0.885. The summed E-state index contributed by atoms with van der Waals surface area (Å²) in [5.74, 6) is -1.40. The molecule has 1 rings (SSSR count). The second kappa shape index (κ2) is 8.73. The van der Waals surface area contributed by atoms with E-state index in [-0.39, 0.29) is 19.3 Å². The maximum Gasteiger partial charge on any atom is 0.323 e. The van der Waals surface area contributed by atoms with Gasteiger partial charge in [0, 0.05) is 26.4 Å². The van der Waals surface area contributed by atoms with Crippen molar-refractivity contribution in [3.8, 4) is 0 Å². The SMILES string of the molecule is CN(CCc1ccccc1)C(=O)NC(=O)CCCC(=O)O. The Labute approximate surface area is 123 Å². The van der Waals surface area contributed by atoms with Crippen LogP contribution in [0.5, 0.6) is 0 Å². The first kappa shape index (κ1) is 16.7. The maximum atomic E-state index is 11.7. The standard InChI is InChI=1S/C15H20N2O4/c1-17(11-10-12-6-3-2-4-7-12)15(21)16-13(18)8-5-9-14(19)20/h2-4,6-7H,5,8-11H2,1H3,(H,19,20)(H,16,18,21). The van der Waals surface area contributed by atoms with E-state index in [0.717, 1.165) is 5.56 Å². The van der Waals surface area contributed by atoms with Crippen LogP contribution in [0.1, 0.15) is 24.8 Å². The first-order valence-electron chi connectivity index (χ1n) is 6.79. The van der Waals surface area contributed by atoms with Crippen LogP contribution in [0.25, 0.3) is 0 Å². The number of amides is 3. The fraction of sp³-hybridized carbons (Fsp3) is 0.400. The van der Waals surface area contributed by atoms with Gasteiger partial charge in [-0.25, -0.2) is 4.79 Å². The quantitative estimate of drug-likeness (QED) is 0.800. The van der Waals surface area contributed by atoms with Crippen LogP contribution in [0.15, 0.2) is 30.3 Å². The van der Waals surface area contributed by atoms with E-state index in [4.69, 9.17) is 5.11 Å². The van der Waals surface area contributed by atoms with E-state index in [9.17, 15) is 14.4 Å². The lowest BCUT2D eigenvalue weighted by Crippen LogP contribution is -2.41. The highest BCUT2D eigenvalue weighted by Crippen LogP contribution is 2.01. The molecular formula is C15H20N2O4. The minimum atomic E-state index is -0.950. The molecule has 0 unspecified atom stereocenters. The van der Waals surface area contributed by atoms with Crippen molar-refractivity contribution < 1.29 is 19.5 Å². The van der Waals surface area contributed by atoms with Crippen LogP contribution < -0.4 is 5.32 Å². The highest BCUT2D eigenvalue weighted by molar-refractivity contribution is 5.94. The zero-order chi connectivity index (χ0) is 15.7. The third-order valence-corrected chi connectivity index (χ3v) is 2.97. The van der Waals surface area contributed by atoms with Crippen LogP contribution in [0, 0.1) is 0 Å². The van der Waals surface area contributed by atoms with E-state index in [1.807, 2.05) is 30.3 Å². The van der Waals surface area contributed by atoms with Gasteiger partial charge in [0.25, 0.3) is 0 Å². The molecule has 0 aliphatic rings. The molecule has 0 spiro atoms. The van der Waals surface area contributed by atoms with E-state index >= 15 is 0 Å². The number of aliphatic carboxylic acids is 1. The molecule has 6 heteroatoms. The molecule has 0 aliphatic heterocycles. The van der Waals surface area contributed by atoms with Gasteiger partial charge in [0.2, 0.25) is 5.91 Å². The maximum absolute atomic E-state index is 11.7. The molecule has 114 valence electrons. The summed E-state index contributed by atoms with van der Waals surface area (Å²) in [4.78, 5) is 35.0. The Hall–Kier alpha value is -2.37. The number of carbonyl (C=O) groups is 3. The summed E-state index contributed by atoms with van der Waals surface area (Å²) in [5.41, 5.74) is 1.12. The molecule has 0 atom stereocenters. The minimum absolute atomic E-state index is 0.0323. The summed E-state index contributed by atoms with van der Waals surface area (Å²) in [5, 5.41) is 10.7. The van der Waals surface area contributed by atoms with Crippen molar-refractivity contribution in [3.05, 3.63) is 35.9 Å². The molecule has 0 radical (unpaired) electrons. The van der Waals surface area contributed by atoms with E-state index in [1.54, 1.807) is 7.05 Å². The predicted molar refractivity (Wildman–Crippen MR) is 77.8 cm³/mol. The van der Waals surface area contributed by atoms with Crippen molar-refractivity contribution >= 4 is 17.9 Å². The number of likely N-dealkylation sites (N-methyl/N-ethyl adjacent to an activating group) is 1. The first-order chi connectivity index (χ1) is 9.99. The summed E-state index contributed by atoms with van der Waals surface area (Å²) >= 11 is 0. The lowest BCUT2D eigenvalue weighted by molar-refractivity contribution is -0.137. The van der Waals surface area contributed by atoms with Crippen LogP contribution in [-0.2, 0) is 16.0 Å². The van der Waals surface area contributed by atoms with Crippen LogP contribution in [0.4, 0.5) is 4.79 Å². The number of hydrogen-bond donors (Lipinski definition) is 2. The molecule has 21 heavy (non-hydrogen) atoms. The molecule has 1 aromatic rings. The smallest absolute Gasteiger partial charge is 0.323 e. The largest absolute Gasteiger partial charge is 0.481 e. The zero-order valence-corrected chi connectivity index (χ0v) is 12.0. The van der Waals surface area contributed by atoms with Crippen LogP contribution >= 0.6 is 0 Å². The normalized spacial score (nSPS) is 9.95. The molecule has 0 fully saturated rings. The topological polar surface area (TPSA) is 86.7 Å². The third kappa shape index (κ3) is 7.10. The molecule has 0 saturated carbocycles. The van der Waals surface area contributed by atoms with E-state index < -0.39 is 17.9 Å². The van der Waals surface area contributed by atoms with Crippen molar-refractivity contribution in [2.75, 3.05) is 13.6 Å². The number of imide groups is 1. The highest BCUT2D eigenvalue weighted by Gasteiger charge is 2.12. The second-order valence-electron chi connectivity index (χ2n) is 4.76. The van der Waals surface area contributed by atoms with Crippen molar-refractivity contribution in [2.24, 2.45) is 0 Å². The number of nitrogens with zero attached hydrogens (tertiary/aromatic N) is 1. The summed E-state index contributed by atoms with van der Waals surface area (Å²) < 4.78 is 0. The van der Waals surface area contributed by atoms with Gasteiger partial charge >= 0.3 is 12.0 Å². The molecular weight excluding hydrogens is 272 g/mol. The Kier molecular flexibility index (Phi) is 6.94. The highest BCUT2D eigenvalue weighted by atomic mass is 16.4. The monoisotopic (exact) mass is 292 g/mol. The predicted octanol–water partition coefficient (Wildman–Crippen LogP) is 1.65. The second-order valence-corrected chi connectivity index (χ2v) is 4.76. The Morgan fingerprint density at radius 2 is 1.81 bits per heavy atom. The molecule has 0 aliphatic carbocycles. The average molecular weight is 292 g/mol. The van der Waals surface area contributed by atoms with Gasteiger partial charge < -0.3 is 10.0 Å². The van der Waals surface area contributed by atoms with Crippen molar-refractivity contribution in [1.29, 1.82) is 0 Å². The van der Waals surface area contributed by atoms with Crippen molar-refractivity contribution in [3.63, 3.8) is 0 Å². The molecule has 6 nitrogen and oxygen atoms in total. The van der Waals surface area contributed by atoms with Gasteiger partial charge in [0.1, 0.15) is 0 Å². The number of nitrogens with one attached hydrogen (secondary N) is 1. The van der Waals surface area contributed by atoms with Crippen LogP contribution in [0.3, 0.4) is 0 Å². The lowest BCUT2D eigenvalue weighted by atomic mass is 10.1. The summed E-state index contributed by atoms with van der Waals surface area (Å²) in [6, 6.07) is 9.27. The molecule has 0 bridgehead atoms. The molecule has 0 heterocycles. The molecule has 2 N–H and O–H groups in total. The van der Waals surface area contributed by atoms with Gasteiger partial charge in [-0.05, 0) is 18.4 Å². The third-order valence-electron chi connectivity index (χ3n) is 2.97. The van der Waals surface area contributed by atoms with Crippen LogP contribution in [-0.4, -0.2) is 41.5 Å². The Bertz CT molecular complexity index is 488. The van der Waals surface area contributed by atoms with Gasteiger partial charge in [-0.15, -0.1) is 0 Å². The van der Waals surface area contributed by atoms with E-state index in [1.165, 1.54) is 4.90 Å². The average Bonchev–Trinajstić information content (AvgIpc) is 2.45. The van der Waals surface area contributed by atoms with E-state index in [0.29, 0.717) is 13.0 Å². The Morgan fingerprint density at radius 3 is 2.43 bits per heavy atom. The van der Waals surface area contributed by atoms with Crippen molar-refractivity contribution in [1.82, 2.24) is 10.2 Å². The number of hydrogen-bond acceptors (Lipinski definition) is 3. The molecule has 0 aromatic heterocycles. The van der Waals surface area contributed by atoms with Crippen molar-refractivity contribution in [2.45, 2.75) is 25.7 Å². The molecule has 3 amide bonds. The van der Waals surface area contributed by atoms with Gasteiger partial charge in [-0.1, -0.05) is 30.3 Å². The number of benzene rings is 1. The number of carboxylic acid groups (broad SMARTS) is 1. The Balaban J connectivity index is 2.27. The van der Waals surface area contributed by atoms with E-state index in [2.05, 4.69) is 5.32 Å². The molecule has 1 aromatic carbocycles. The lowest BCUT2D eigenvalue weighted by Gasteiger charge is -2.17. The van der Waals surface area contributed by atoms with Crippen LogP contribution in [0.2, 0.25) is 0 Å². The Morgan fingerprint density at radius 1 is 1.14 bits per heavy atom. The zero-order valence-electron chi connectivity index (χ0n) is 12.0. The van der Waals surface area contributed by atoms with Gasteiger partial charge in [-0.3, -0.25) is 14.9 Å². The number of urea groups is 1. The summed E-state index contributed by atoms with van der Waals surface area (Å²) in [7, 11) is 1.61. The first-order valence-corrected chi connectivity index (χ1v) is 6.79. The fourth-order valence-electron chi connectivity index (χ4n) is 1.72. The number of rotatable bonds is 7.